The fraction of sp³-hybridized carbons (Fsp3) is 0.577. The highest BCUT2D eigenvalue weighted by atomic mass is 32.1. The van der Waals surface area contributed by atoms with Crippen molar-refractivity contribution >= 4 is 127 Å². The van der Waals surface area contributed by atoms with Crippen molar-refractivity contribution in [3.8, 4) is 5.75 Å². The van der Waals surface area contributed by atoms with Crippen molar-refractivity contribution in [2.75, 3.05) is 55.8 Å². The quantitative estimate of drug-likeness (QED) is 0.0128. The van der Waals surface area contributed by atoms with Crippen LogP contribution in [0.3, 0.4) is 0 Å². The van der Waals surface area contributed by atoms with Gasteiger partial charge in [-0.3, -0.25) is 57.7 Å². The number of aromatic nitrogens is 2. The van der Waals surface area contributed by atoms with Crippen LogP contribution in [0.2, 0.25) is 0 Å². The van der Waals surface area contributed by atoms with Crippen LogP contribution in [-0.4, -0.2) is 229 Å². The molecule has 1 fully saturated rings. The number of nitrogens with zero attached hydrogens (tertiary/aromatic N) is 3. The zero-order valence-electron chi connectivity index (χ0n) is 48.7. The Morgan fingerprint density at radius 2 is 1.20 bits per heavy atom. The van der Waals surface area contributed by atoms with Gasteiger partial charge in [-0.2, -0.15) is 50.5 Å². The van der Waals surface area contributed by atoms with Crippen molar-refractivity contribution in [3.63, 3.8) is 0 Å². The predicted octanol–water partition coefficient (Wildman–Crippen LogP) is -7.30. The lowest BCUT2D eigenvalue weighted by molar-refractivity contribution is -0.142. The number of hydrogen-bond acceptors (Lipinski definition) is 22. The van der Waals surface area contributed by atoms with Crippen LogP contribution in [0.1, 0.15) is 63.1 Å². The summed E-state index contributed by atoms with van der Waals surface area (Å²) in [6.45, 7) is -0.0334. The number of carbonyl (C=O) groups is 12. The number of hydrogen-bond donors (Lipinski definition) is 22. The molecule has 0 radical (unpaired) electrons. The molecule has 0 unspecified atom stereocenters. The first-order valence-electron chi connectivity index (χ1n) is 28.1. The topological polar surface area (TPSA) is 534 Å². The van der Waals surface area contributed by atoms with E-state index >= 15 is 0 Å². The van der Waals surface area contributed by atoms with Crippen LogP contribution >= 0.6 is 50.5 Å². The predicted molar refractivity (Wildman–Crippen MR) is 336 cm³/mol. The molecule has 1 aromatic carbocycles. The molecule has 1 aromatic heterocycles. The van der Waals surface area contributed by atoms with Crippen molar-refractivity contribution in [1.82, 2.24) is 68.0 Å². The Balaban J connectivity index is 1.75. The maximum Gasteiger partial charge on any atom is 0.327 e. The first-order valence-corrected chi connectivity index (χ1v) is 30.7. The number of nitrogens with two attached hydrogens (primary N) is 4. The smallest absolute Gasteiger partial charge is 0.327 e. The minimum Gasteiger partial charge on any atom is -0.508 e. The van der Waals surface area contributed by atoms with Gasteiger partial charge in [0.15, 0.2) is 5.96 Å². The van der Waals surface area contributed by atoms with E-state index in [-0.39, 0.29) is 86.3 Å². The standard InChI is InChI=1S/C52H82N18O15S4/c1-26(61-49(82)39-8-5-15-70(39)50(83)32(6-2-3-13-53)63-48(81)37(23-88)68-42(75)30(54)21-86)41(74)67-36(22-87)43(76)59-19-40(73)62-31(7-4-14-58-52(55)56)44(77)65-34(17-28-18-57-25-60-28)46(79)64-33(16-27-9-11-29(72)12-10-27)45(78)66-35(20-71)47(80)69-38(24-89)51(84)85/h9-12,18,25-26,30-39,71-72,86-89H,2-8,13-17,19-24,53-54H2,1H3,(H,57,60)(H,59,76)(H,61,82)(H,62,73)(H,63,81)(H,64,79)(H,65,77)(H,66,78)(H,67,74)(H,68,75)(H,69,80)(H,84,85)(H4,55,56,58)/t26-,30-,31-,32-,33-,34-,35-,36-,37-,38-,39-/m0/s1. The van der Waals surface area contributed by atoms with Gasteiger partial charge in [-0.1, -0.05) is 12.1 Å². The number of guanidine groups is 1. The summed E-state index contributed by atoms with van der Waals surface area (Å²) >= 11 is 16.3. The van der Waals surface area contributed by atoms with Crippen molar-refractivity contribution in [2.45, 2.75) is 131 Å². The molecule has 3 rings (SSSR count). The normalized spacial score (nSPS) is 16.1. The number of H-pyrrole nitrogens is 1. The monoisotopic (exact) mass is 1330 g/mol. The van der Waals surface area contributed by atoms with Crippen LogP contribution in [0.25, 0.3) is 0 Å². The molecular formula is C52H82N18O15S4. The van der Waals surface area contributed by atoms with Gasteiger partial charge in [0.05, 0.1) is 25.5 Å². The van der Waals surface area contributed by atoms with E-state index < -0.39 is 151 Å². The van der Waals surface area contributed by atoms with Gasteiger partial charge in [-0.05, 0) is 76.1 Å². The third-order valence-electron chi connectivity index (χ3n) is 13.6. The van der Waals surface area contributed by atoms with E-state index in [9.17, 15) is 72.9 Å². The van der Waals surface area contributed by atoms with E-state index in [0.29, 0.717) is 37.1 Å². The van der Waals surface area contributed by atoms with Crippen molar-refractivity contribution < 1.29 is 72.9 Å². The fourth-order valence-corrected chi connectivity index (χ4v) is 9.55. The lowest BCUT2D eigenvalue weighted by atomic mass is 10.0. The molecule has 11 atom stereocenters. The second-order valence-corrected chi connectivity index (χ2v) is 21.9. The van der Waals surface area contributed by atoms with Crippen LogP contribution in [0, 0.1) is 0 Å². The summed E-state index contributed by atoms with van der Waals surface area (Å²) in [5, 5.41) is 54.0. The highest BCUT2D eigenvalue weighted by Crippen LogP contribution is 2.21. The number of imidazole rings is 1. The number of aliphatic hydroxyl groups is 1. The second kappa shape index (κ2) is 39.4. The zero-order valence-corrected chi connectivity index (χ0v) is 52.3. The minimum absolute atomic E-state index is 0.00451. The number of aliphatic hydroxyl groups excluding tert-OH is 1. The van der Waals surface area contributed by atoms with E-state index in [4.69, 9.17) is 22.9 Å². The summed E-state index contributed by atoms with van der Waals surface area (Å²) in [7, 11) is 0. The minimum atomic E-state index is -1.72. The van der Waals surface area contributed by atoms with Crippen LogP contribution in [0.4, 0.5) is 0 Å². The van der Waals surface area contributed by atoms with E-state index in [1.165, 1.54) is 48.6 Å². The number of phenols is 1. The maximum absolute atomic E-state index is 14.3. The van der Waals surface area contributed by atoms with Gasteiger partial charge in [-0.15, -0.1) is 0 Å². The number of unbranched alkanes of at least 4 members (excludes halogenated alkanes) is 1. The van der Waals surface area contributed by atoms with Crippen LogP contribution in [0.5, 0.6) is 5.75 Å². The van der Waals surface area contributed by atoms with Gasteiger partial charge < -0.3 is 101 Å². The van der Waals surface area contributed by atoms with Gasteiger partial charge in [0.1, 0.15) is 66.2 Å². The largest absolute Gasteiger partial charge is 0.508 e. The first kappa shape index (κ1) is 75.7. The molecule has 0 saturated carbocycles. The summed E-state index contributed by atoms with van der Waals surface area (Å²) in [6.07, 6.45) is 3.67. The molecule has 37 heteroatoms. The highest BCUT2D eigenvalue weighted by molar-refractivity contribution is 7.80. The Kier molecular flexibility index (Phi) is 33.5. The lowest BCUT2D eigenvalue weighted by Gasteiger charge is -2.30. The van der Waals surface area contributed by atoms with Crippen LogP contribution in [0.15, 0.2) is 41.8 Å². The summed E-state index contributed by atoms with van der Waals surface area (Å²) in [5.41, 5.74) is 23.1. The van der Waals surface area contributed by atoms with E-state index in [0.717, 1.165) is 0 Å². The summed E-state index contributed by atoms with van der Waals surface area (Å²) in [4.78, 5) is 173. The number of thiol groups is 4. The number of aromatic amines is 1. The molecule has 22 N–H and O–H groups in total. The molecule has 2 heterocycles. The third-order valence-corrected chi connectivity index (χ3v) is 15.1. The number of nitrogens with one attached hydrogen (secondary N) is 11. The SMILES string of the molecule is C[C@H](NC(=O)[C@@H]1CCCN1C(=O)[C@H](CCCCN)NC(=O)[C@H](CS)NC(=O)[C@@H](N)CS)C(=O)N[C@@H](CS)C(=O)NCC(=O)N[C@@H](CCCN=C(N)N)C(=O)N[C@@H](Cc1cnc[nH]1)C(=O)N[C@@H](Cc1ccc(O)cc1)C(=O)N[C@@H](CO)C(=O)N[C@@H](CS)C(=O)O. The fourth-order valence-electron chi connectivity index (χ4n) is 8.63. The second-order valence-electron chi connectivity index (χ2n) is 20.4. The number of aromatic hydroxyl groups is 1. The average Bonchev–Trinajstić information content (AvgIpc) is 3.09. The number of likely N-dealkylation sites (tertiary alicyclic amines) is 1. The van der Waals surface area contributed by atoms with E-state index in [1.54, 1.807) is 0 Å². The lowest BCUT2D eigenvalue weighted by Crippen LogP contribution is -2.60. The molecular weight excluding hydrogens is 1240 g/mol. The first-order chi connectivity index (χ1) is 42.3. The zero-order chi connectivity index (χ0) is 66.3. The summed E-state index contributed by atoms with van der Waals surface area (Å²) < 4.78 is 0. The maximum atomic E-state index is 14.3. The Bertz CT molecular complexity index is 2750. The Hall–Kier alpha value is -7.58. The number of benzene rings is 1. The molecule has 0 aliphatic carbocycles. The van der Waals surface area contributed by atoms with E-state index in [1.807, 2.05) is 0 Å². The number of carbonyl (C=O) groups excluding carboxylic acids is 11. The molecule has 1 saturated heterocycles. The molecule has 1 aliphatic heterocycles. The summed E-state index contributed by atoms with van der Waals surface area (Å²) in [6, 6.07) is -9.35. The van der Waals surface area contributed by atoms with Gasteiger partial charge in [-0.25, -0.2) is 9.78 Å². The van der Waals surface area contributed by atoms with Gasteiger partial charge in [0.2, 0.25) is 65.0 Å². The van der Waals surface area contributed by atoms with Crippen molar-refractivity contribution in [2.24, 2.45) is 27.9 Å². The number of carboxylic acid groups (broad SMARTS) is 1. The number of aliphatic carboxylic acids is 1. The van der Waals surface area contributed by atoms with Gasteiger partial charge in [0, 0.05) is 60.8 Å². The molecule has 11 amide bonds. The number of rotatable bonds is 39. The number of amides is 11. The number of phenolic OH excluding ortho intramolecular Hbond substituents is 1. The van der Waals surface area contributed by atoms with Crippen molar-refractivity contribution in [1.29, 1.82) is 0 Å². The van der Waals surface area contributed by atoms with E-state index in [2.05, 4.69) is 119 Å². The molecule has 33 nitrogen and oxygen atoms in total. The Morgan fingerprint density at radius 1 is 0.663 bits per heavy atom. The molecule has 0 bridgehead atoms. The third kappa shape index (κ3) is 25.8. The Morgan fingerprint density at radius 3 is 1.78 bits per heavy atom. The van der Waals surface area contributed by atoms with Crippen LogP contribution in [-0.2, 0) is 70.4 Å². The van der Waals surface area contributed by atoms with Crippen molar-refractivity contribution in [3.05, 3.63) is 48.0 Å². The highest BCUT2D eigenvalue weighted by Gasteiger charge is 2.40. The molecule has 2 aromatic rings. The Labute approximate surface area is 534 Å². The van der Waals surface area contributed by atoms with Gasteiger partial charge in [0.25, 0.3) is 0 Å². The van der Waals surface area contributed by atoms with Gasteiger partial charge >= 0.3 is 5.97 Å². The molecule has 494 valence electrons. The molecule has 0 spiro atoms. The average molecular weight is 1330 g/mol. The summed E-state index contributed by atoms with van der Waals surface area (Å²) in [5.74, 6) is -12.0. The number of aliphatic imine (C=N–C) groups is 1. The molecule has 1 aliphatic rings. The number of carboxylic acids is 1. The van der Waals surface area contributed by atoms with Crippen LogP contribution < -0.4 is 76.1 Å². The molecule has 89 heavy (non-hydrogen) atoms.